The van der Waals surface area contributed by atoms with Crippen LogP contribution in [-0.2, 0) is 0 Å². The van der Waals surface area contributed by atoms with Crippen LogP contribution < -0.4 is 15.6 Å². The number of hydrogen-bond acceptors (Lipinski definition) is 1. The molecule has 0 aliphatic heterocycles. The highest BCUT2D eigenvalue weighted by atomic mass is 28.3. The fraction of sp³-hybridized carbons (Fsp3) is 0.0476. The Morgan fingerprint density at radius 1 is 0.609 bits per heavy atom. The SMILES string of the molecule is OCC#C[Si](c1ccccc1)(c1ccccc1)c1ccccc1. The van der Waals surface area contributed by atoms with Crippen LogP contribution in [0.2, 0.25) is 0 Å². The lowest BCUT2D eigenvalue weighted by atomic mass is 10.3. The second-order valence-corrected chi connectivity index (χ2v) is 8.79. The van der Waals surface area contributed by atoms with Crippen molar-refractivity contribution >= 4 is 23.6 Å². The van der Waals surface area contributed by atoms with Crippen LogP contribution in [0.1, 0.15) is 0 Å². The van der Waals surface area contributed by atoms with Gasteiger partial charge in [0.2, 0.25) is 8.07 Å². The van der Waals surface area contributed by atoms with Crippen molar-refractivity contribution in [3.05, 3.63) is 91.0 Å². The highest BCUT2D eigenvalue weighted by Gasteiger charge is 2.37. The highest BCUT2D eigenvalue weighted by molar-refractivity contribution is 7.16. The Kier molecular flexibility index (Phi) is 4.73. The van der Waals surface area contributed by atoms with Gasteiger partial charge in [0.25, 0.3) is 0 Å². The van der Waals surface area contributed by atoms with Gasteiger partial charge in [0.05, 0.1) is 0 Å². The number of aliphatic hydroxyl groups is 1. The Morgan fingerprint density at radius 3 is 1.26 bits per heavy atom. The first kappa shape index (κ1) is 15.3. The average Bonchev–Trinajstić information content (AvgIpc) is 2.65. The van der Waals surface area contributed by atoms with Crippen molar-refractivity contribution in [1.82, 2.24) is 0 Å². The number of rotatable bonds is 3. The van der Waals surface area contributed by atoms with Gasteiger partial charge in [0.1, 0.15) is 6.61 Å². The second-order valence-electron chi connectivity index (χ2n) is 5.31. The molecule has 0 heterocycles. The van der Waals surface area contributed by atoms with Crippen LogP contribution in [0.5, 0.6) is 0 Å². The lowest BCUT2D eigenvalue weighted by Crippen LogP contribution is -2.66. The molecule has 0 aromatic heterocycles. The molecular weight excluding hydrogens is 296 g/mol. The Bertz CT molecular complexity index is 705. The Hall–Kier alpha value is -2.60. The van der Waals surface area contributed by atoms with E-state index in [0.29, 0.717) is 0 Å². The molecule has 3 aromatic rings. The number of hydrogen-bond donors (Lipinski definition) is 1. The summed E-state index contributed by atoms with van der Waals surface area (Å²) in [4.78, 5) is 0. The van der Waals surface area contributed by atoms with Crippen molar-refractivity contribution in [3.63, 3.8) is 0 Å². The van der Waals surface area contributed by atoms with Crippen LogP contribution in [0.15, 0.2) is 91.0 Å². The van der Waals surface area contributed by atoms with E-state index in [1.54, 1.807) is 0 Å². The third kappa shape index (κ3) is 2.98. The summed E-state index contributed by atoms with van der Waals surface area (Å²) in [5, 5.41) is 13.0. The lowest BCUT2D eigenvalue weighted by molar-refractivity contribution is 0.350. The maximum atomic E-state index is 9.32. The summed E-state index contributed by atoms with van der Waals surface area (Å²) in [7, 11) is -2.47. The Labute approximate surface area is 138 Å². The van der Waals surface area contributed by atoms with Crippen LogP contribution in [0.25, 0.3) is 0 Å². The summed E-state index contributed by atoms with van der Waals surface area (Å²) in [5.74, 6) is 2.95. The van der Waals surface area contributed by atoms with Crippen LogP contribution in [0.3, 0.4) is 0 Å². The molecule has 1 nitrogen and oxygen atoms in total. The van der Waals surface area contributed by atoms with E-state index in [1.165, 1.54) is 15.6 Å². The van der Waals surface area contributed by atoms with Gasteiger partial charge in [0.15, 0.2) is 0 Å². The van der Waals surface area contributed by atoms with E-state index in [4.69, 9.17) is 0 Å². The molecule has 0 fully saturated rings. The maximum absolute atomic E-state index is 9.32. The van der Waals surface area contributed by atoms with Crippen molar-refractivity contribution in [2.75, 3.05) is 6.61 Å². The molecule has 23 heavy (non-hydrogen) atoms. The first-order valence-corrected chi connectivity index (χ1v) is 9.65. The minimum atomic E-state index is -2.47. The highest BCUT2D eigenvalue weighted by Crippen LogP contribution is 2.06. The number of aliphatic hydroxyl groups excluding tert-OH is 1. The van der Waals surface area contributed by atoms with Gasteiger partial charge < -0.3 is 5.11 Å². The summed E-state index contributed by atoms with van der Waals surface area (Å²) >= 11 is 0. The third-order valence-electron chi connectivity index (χ3n) is 3.98. The molecular formula is C21H18OSi. The van der Waals surface area contributed by atoms with Gasteiger partial charge in [-0.05, 0) is 15.6 Å². The molecule has 112 valence electrons. The quantitative estimate of drug-likeness (QED) is 0.443. The molecule has 0 unspecified atom stereocenters. The smallest absolute Gasteiger partial charge is 0.229 e. The molecule has 3 rings (SSSR count). The van der Waals surface area contributed by atoms with E-state index in [1.807, 2.05) is 18.2 Å². The molecule has 0 radical (unpaired) electrons. The van der Waals surface area contributed by atoms with E-state index in [-0.39, 0.29) is 6.61 Å². The topological polar surface area (TPSA) is 20.2 Å². The summed E-state index contributed by atoms with van der Waals surface area (Å²) in [6.07, 6.45) is 0. The van der Waals surface area contributed by atoms with Gasteiger partial charge in [-0.2, -0.15) is 0 Å². The molecule has 3 aromatic carbocycles. The van der Waals surface area contributed by atoms with Crippen LogP contribution in [-0.4, -0.2) is 19.8 Å². The van der Waals surface area contributed by atoms with Gasteiger partial charge in [-0.15, -0.1) is 5.54 Å². The summed E-state index contributed by atoms with van der Waals surface area (Å²) < 4.78 is 0. The molecule has 0 saturated carbocycles. The zero-order valence-electron chi connectivity index (χ0n) is 12.8. The van der Waals surface area contributed by atoms with E-state index in [2.05, 4.69) is 84.3 Å². The minimum absolute atomic E-state index is 0.124. The van der Waals surface area contributed by atoms with Gasteiger partial charge in [-0.3, -0.25) is 0 Å². The fourth-order valence-corrected chi connectivity index (χ4v) is 6.81. The number of benzene rings is 3. The van der Waals surface area contributed by atoms with Crippen LogP contribution in [0.4, 0.5) is 0 Å². The fourth-order valence-electron chi connectivity index (χ4n) is 2.95. The maximum Gasteiger partial charge on any atom is 0.229 e. The zero-order valence-corrected chi connectivity index (χ0v) is 13.8. The first-order valence-electron chi connectivity index (χ1n) is 7.65. The Balaban J connectivity index is 2.35. The summed E-state index contributed by atoms with van der Waals surface area (Å²) in [6.45, 7) is -0.124. The van der Waals surface area contributed by atoms with Crippen molar-refractivity contribution in [2.24, 2.45) is 0 Å². The molecule has 0 atom stereocenters. The van der Waals surface area contributed by atoms with Gasteiger partial charge in [-0.1, -0.05) is 96.9 Å². The monoisotopic (exact) mass is 314 g/mol. The largest absolute Gasteiger partial charge is 0.384 e. The predicted molar refractivity (Wildman–Crippen MR) is 98.8 cm³/mol. The molecule has 0 saturated heterocycles. The van der Waals surface area contributed by atoms with Crippen molar-refractivity contribution < 1.29 is 5.11 Å². The molecule has 0 spiro atoms. The molecule has 1 N–H and O–H groups in total. The molecule has 2 heteroatoms. The molecule has 0 aliphatic rings. The third-order valence-corrected chi connectivity index (χ3v) is 8.13. The van der Waals surface area contributed by atoms with E-state index >= 15 is 0 Å². The average molecular weight is 314 g/mol. The van der Waals surface area contributed by atoms with E-state index < -0.39 is 8.07 Å². The molecule has 0 amide bonds. The van der Waals surface area contributed by atoms with Crippen LogP contribution in [0, 0.1) is 11.5 Å². The van der Waals surface area contributed by atoms with Crippen LogP contribution >= 0.6 is 0 Å². The van der Waals surface area contributed by atoms with Gasteiger partial charge in [0, 0.05) is 0 Å². The first-order chi connectivity index (χ1) is 11.4. The van der Waals surface area contributed by atoms with Crippen molar-refractivity contribution in [3.8, 4) is 11.5 Å². The second kappa shape index (κ2) is 7.10. The minimum Gasteiger partial charge on any atom is -0.384 e. The van der Waals surface area contributed by atoms with Crippen molar-refractivity contribution in [1.29, 1.82) is 0 Å². The van der Waals surface area contributed by atoms with E-state index in [9.17, 15) is 5.11 Å². The van der Waals surface area contributed by atoms with Gasteiger partial charge >= 0.3 is 0 Å². The molecule has 0 aliphatic carbocycles. The molecule has 0 bridgehead atoms. The van der Waals surface area contributed by atoms with Gasteiger partial charge in [-0.25, -0.2) is 0 Å². The standard InChI is InChI=1S/C21H18OSi/c22-17-10-18-23(19-11-4-1-5-12-19,20-13-6-2-7-14-20)21-15-8-3-9-16-21/h1-9,11-16,22H,17H2. The predicted octanol–water partition coefficient (Wildman–Crippen LogP) is 1.69. The normalized spacial score (nSPS) is 10.7. The van der Waals surface area contributed by atoms with Crippen molar-refractivity contribution in [2.45, 2.75) is 0 Å². The summed E-state index contributed by atoms with van der Waals surface area (Å²) in [6, 6.07) is 31.3. The lowest BCUT2D eigenvalue weighted by Gasteiger charge is -2.28. The zero-order chi connectivity index (χ0) is 16.0. The Morgan fingerprint density at radius 2 is 0.957 bits per heavy atom. The summed E-state index contributed by atoms with van der Waals surface area (Å²) in [5.41, 5.74) is 3.47. The van der Waals surface area contributed by atoms with E-state index in [0.717, 1.165) is 0 Å².